The van der Waals surface area contributed by atoms with Gasteiger partial charge in [-0.05, 0) is 24.3 Å². The summed E-state index contributed by atoms with van der Waals surface area (Å²) in [4.78, 5) is 15.4. The SMILES string of the molecule is O.O=C(N/N=C/c1ncccc1F)c1ccccc1. The number of hydrogen-bond acceptors (Lipinski definition) is 3. The van der Waals surface area contributed by atoms with E-state index in [1.165, 1.54) is 18.3 Å². The fourth-order valence-electron chi connectivity index (χ4n) is 1.30. The van der Waals surface area contributed by atoms with Crippen LogP contribution in [0.4, 0.5) is 4.39 Å². The van der Waals surface area contributed by atoms with Crippen LogP contribution >= 0.6 is 0 Å². The summed E-state index contributed by atoms with van der Waals surface area (Å²) in [6.45, 7) is 0. The van der Waals surface area contributed by atoms with Crippen molar-refractivity contribution >= 4 is 12.1 Å². The van der Waals surface area contributed by atoms with Crippen molar-refractivity contribution in [2.24, 2.45) is 5.10 Å². The summed E-state index contributed by atoms with van der Waals surface area (Å²) in [5.74, 6) is -0.849. The quantitative estimate of drug-likeness (QED) is 0.664. The molecule has 19 heavy (non-hydrogen) atoms. The lowest BCUT2D eigenvalue weighted by Gasteiger charge is -1.98. The Morgan fingerprint density at radius 3 is 2.63 bits per heavy atom. The van der Waals surface area contributed by atoms with Crippen molar-refractivity contribution in [1.29, 1.82) is 0 Å². The number of amides is 1. The van der Waals surface area contributed by atoms with Gasteiger partial charge in [-0.1, -0.05) is 18.2 Å². The third-order valence-electron chi connectivity index (χ3n) is 2.18. The van der Waals surface area contributed by atoms with Gasteiger partial charge in [-0.25, -0.2) is 9.82 Å². The number of carbonyl (C=O) groups is 1. The largest absolute Gasteiger partial charge is 0.412 e. The molecule has 0 aliphatic carbocycles. The van der Waals surface area contributed by atoms with Gasteiger partial charge in [0.05, 0.1) is 6.21 Å². The summed E-state index contributed by atoms with van der Waals surface area (Å²) in [5.41, 5.74) is 2.86. The third kappa shape index (κ3) is 3.97. The Bertz CT molecular complexity index is 573. The Morgan fingerprint density at radius 1 is 1.21 bits per heavy atom. The van der Waals surface area contributed by atoms with Crippen LogP contribution in [0, 0.1) is 5.82 Å². The minimum atomic E-state index is -0.491. The molecule has 0 radical (unpaired) electrons. The van der Waals surface area contributed by atoms with Gasteiger partial charge in [0.1, 0.15) is 5.69 Å². The van der Waals surface area contributed by atoms with Gasteiger partial charge in [-0.15, -0.1) is 0 Å². The normalized spacial score (nSPS) is 9.95. The summed E-state index contributed by atoms with van der Waals surface area (Å²) >= 11 is 0. The molecule has 0 saturated heterocycles. The van der Waals surface area contributed by atoms with Crippen molar-refractivity contribution in [1.82, 2.24) is 10.4 Å². The van der Waals surface area contributed by atoms with E-state index in [1.54, 1.807) is 24.3 Å². The van der Waals surface area contributed by atoms with E-state index >= 15 is 0 Å². The van der Waals surface area contributed by atoms with Crippen molar-refractivity contribution in [3.8, 4) is 0 Å². The monoisotopic (exact) mass is 261 g/mol. The molecule has 0 saturated carbocycles. The Morgan fingerprint density at radius 2 is 1.95 bits per heavy atom. The zero-order valence-electron chi connectivity index (χ0n) is 9.88. The van der Waals surface area contributed by atoms with Crippen LogP contribution in [0.3, 0.4) is 0 Å². The minimum absolute atomic E-state index is 0. The molecule has 0 fully saturated rings. The average Bonchev–Trinajstić information content (AvgIpc) is 2.42. The fourth-order valence-corrected chi connectivity index (χ4v) is 1.30. The molecule has 2 rings (SSSR count). The van der Waals surface area contributed by atoms with Crippen LogP contribution < -0.4 is 5.43 Å². The number of pyridine rings is 1. The molecule has 3 N–H and O–H groups in total. The number of nitrogens with zero attached hydrogens (tertiary/aromatic N) is 2. The molecular weight excluding hydrogens is 249 g/mol. The molecule has 0 aliphatic heterocycles. The number of hydrogen-bond donors (Lipinski definition) is 1. The zero-order chi connectivity index (χ0) is 12.8. The van der Waals surface area contributed by atoms with Gasteiger partial charge < -0.3 is 5.48 Å². The molecule has 0 bridgehead atoms. The average molecular weight is 261 g/mol. The first-order valence-electron chi connectivity index (χ1n) is 5.26. The Kier molecular flexibility index (Phi) is 5.31. The van der Waals surface area contributed by atoms with Gasteiger partial charge in [-0.2, -0.15) is 5.10 Å². The van der Waals surface area contributed by atoms with E-state index in [2.05, 4.69) is 15.5 Å². The van der Waals surface area contributed by atoms with Gasteiger partial charge in [0.2, 0.25) is 0 Å². The first-order chi connectivity index (χ1) is 8.77. The first kappa shape index (κ1) is 14.5. The number of benzene rings is 1. The van der Waals surface area contributed by atoms with E-state index in [0.717, 1.165) is 6.21 Å². The predicted octanol–water partition coefficient (Wildman–Crippen LogP) is 1.16. The summed E-state index contributed by atoms with van der Waals surface area (Å²) < 4.78 is 13.2. The van der Waals surface area contributed by atoms with Gasteiger partial charge in [0.15, 0.2) is 5.82 Å². The molecule has 1 heterocycles. The maximum absolute atomic E-state index is 13.2. The van der Waals surface area contributed by atoms with Crippen LogP contribution in [-0.4, -0.2) is 22.6 Å². The summed E-state index contributed by atoms with van der Waals surface area (Å²) in [6.07, 6.45) is 2.61. The highest BCUT2D eigenvalue weighted by Crippen LogP contribution is 1.99. The maximum atomic E-state index is 13.2. The van der Waals surface area contributed by atoms with E-state index in [9.17, 15) is 9.18 Å². The fraction of sp³-hybridized carbons (Fsp3) is 0. The van der Waals surface area contributed by atoms with Crippen LogP contribution in [0.5, 0.6) is 0 Å². The Balaban J connectivity index is 0.00000180. The molecule has 0 aliphatic rings. The highest BCUT2D eigenvalue weighted by atomic mass is 19.1. The number of aromatic nitrogens is 1. The predicted molar refractivity (Wildman–Crippen MR) is 69.3 cm³/mol. The third-order valence-corrected chi connectivity index (χ3v) is 2.18. The molecule has 1 aromatic heterocycles. The number of carbonyl (C=O) groups excluding carboxylic acids is 1. The molecule has 0 atom stereocenters. The summed E-state index contributed by atoms with van der Waals surface area (Å²) in [7, 11) is 0. The van der Waals surface area contributed by atoms with E-state index in [0.29, 0.717) is 5.56 Å². The molecule has 98 valence electrons. The minimum Gasteiger partial charge on any atom is -0.412 e. The molecule has 1 amide bonds. The van der Waals surface area contributed by atoms with Crippen LogP contribution in [0.15, 0.2) is 53.8 Å². The lowest BCUT2D eigenvalue weighted by molar-refractivity contribution is 0.0955. The second kappa shape index (κ2) is 6.97. The number of nitrogens with one attached hydrogen (secondary N) is 1. The lowest BCUT2D eigenvalue weighted by atomic mass is 10.2. The van der Waals surface area contributed by atoms with Crippen LogP contribution in [0.25, 0.3) is 0 Å². The van der Waals surface area contributed by atoms with E-state index in [1.807, 2.05) is 6.07 Å². The van der Waals surface area contributed by atoms with Crippen molar-refractivity contribution < 1.29 is 14.7 Å². The van der Waals surface area contributed by atoms with Crippen molar-refractivity contribution in [2.45, 2.75) is 0 Å². The highest BCUT2D eigenvalue weighted by molar-refractivity contribution is 5.94. The van der Waals surface area contributed by atoms with E-state index < -0.39 is 5.82 Å². The molecule has 1 aromatic carbocycles. The van der Waals surface area contributed by atoms with Crippen LogP contribution in [0.2, 0.25) is 0 Å². The number of rotatable bonds is 3. The second-order valence-corrected chi connectivity index (χ2v) is 3.44. The van der Waals surface area contributed by atoms with Crippen molar-refractivity contribution in [3.05, 3.63) is 65.7 Å². The number of halogens is 1. The zero-order valence-corrected chi connectivity index (χ0v) is 9.88. The highest BCUT2D eigenvalue weighted by Gasteiger charge is 2.02. The smallest absolute Gasteiger partial charge is 0.271 e. The Labute approximate surface area is 109 Å². The summed E-state index contributed by atoms with van der Waals surface area (Å²) in [6, 6.07) is 11.4. The topological polar surface area (TPSA) is 85.9 Å². The van der Waals surface area contributed by atoms with E-state index in [-0.39, 0.29) is 17.1 Å². The van der Waals surface area contributed by atoms with Crippen molar-refractivity contribution in [3.63, 3.8) is 0 Å². The maximum Gasteiger partial charge on any atom is 0.271 e. The van der Waals surface area contributed by atoms with Gasteiger partial charge in [0.25, 0.3) is 5.91 Å². The molecule has 2 aromatic rings. The van der Waals surface area contributed by atoms with Crippen LogP contribution in [0.1, 0.15) is 16.1 Å². The first-order valence-corrected chi connectivity index (χ1v) is 5.26. The van der Waals surface area contributed by atoms with Crippen molar-refractivity contribution in [2.75, 3.05) is 0 Å². The molecule has 0 unspecified atom stereocenters. The molecule has 5 nitrogen and oxygen atoms in total. The van der Waals surface area contributed by atoms with Crippen LogP contribution in [-0.2, 0) is 0 Å². The standard InChI is InChI=1S/C13H10FN3O.H2O/c14-11-7-4-8-15-12(11)9-16-17-13(18)10-5-2-1-3-6-10;/h1-9H,(H,17,18);1H2/b16-9+;. The molecule has 6 heteroatoms. The second-order valence-electron chi connectivity index (χ2n) is 3.44. The summed E-state index contributed by atoms with van der Waals surface area (Å²) in [5, 5.41) is 3.65. The molecular formula is C13H12FN3O2. The lowest BCUT2D eigenvalue weighted by Crippen LogP contribution is -2.17. The van der Waals surface area contributed by atoms with Gasteiger partial charge in [0, 0.05) is 11.8 Å². The molecule has 0 spiro atoms. The van der Waals surface area contributed by atoms with Gasteiger partial charge in [-0.3, -0.25) is 9.78 Å². The number of hydrazone groups is 1. The van der Waals surface area contributed by atoms with E-state index in [4.69, 9.17) is 0 Å². The Hall–Kier alpha value is -2.60. The van der Waals surface area contributed by atoms with Gasteiger partial charge >= 0.3 is 0 Å².